The number of carbonyl (C=O) groups excluding carboxylic acids is 1. The van der Waals surface area contributed by atoms with E-state index in [0.29, 0.717) is 42.6 Å². The van der Waals surface area contributed by atoms with Gasteiger partial charge < -0.3 is 16.4 Å². The van der Waals surface area contributed by atoms with Crippen LogP contribution in [0.4, 0.5) is 8.78 Å². The molecule has 2 atom stereocenters. The van der Waals surface area contributed by atoms with E-state index in [-0.39, 0.29) is 24.4 Å². The number of H-pyrrole nitrogens is 1. The van der Waals surface area contributed by atoms with Crippen LogP contribution in [-0.2, 0) is 6.54 Å². The second-order valence-electron chi connectivity index (χ2n) is 11.3. The van der Waals surface area contributed by atoms with Gasteiger partial charge in [0.15, 0.2) is 5.69 Å². The van der Waals surface area contributed by atoms with E-state index < -0.39 is 5.92 Å². The third-order valence-electron chi connectivity index (χ3n) is 8.28. The quantitative estimate of drug-likeness (QED) is 0.288. The van der Waals surface area contributed by atoms with Crippen LogP contribution in [0.25, 0.3) is 22.0 Å². The van der Waals surface area contributed by atoms with Crippen LogP contribution in [0.15, 0.2) is 60.7 Å². The normalized spacial score (nSPS) is 21.1. The van der Waals surface area contributed by atoms with Crippen molar-refractivity contribution >= 4 is 16.8 Å². The van der Waals surface area contributed by atoms with Gasteiger partial charge in [0.1, 0.15) is 0 Å². The van der Waals surface area contributed by atoms with Crippen LogP contribution in [0.5, 0.6) is 0 Å². The molecule has 2 aliphatic heterocycles. The standard InChI is InChI=1S/C31H39F2N7O/c1-21(23-3-2-11-35-12-8-23)4-6-26(17-34)37-30(41)29-27-16-24(5-7-28(27)38-39-29)25-15-22(18-36-19-25)20-40-13-9-31(32,33)10-14-40/h4-7,15-19,21,23,35H,2-3,8-14,20,34H2,1H3,(H,37,41)(H,38,39)/b6-4-,26-17+. The Bertz CT molecular complexity index is 1400. The average Bonchev–Trinajstić information content (AvgIpc) is 3.20. The molecule has 2 aliphatic rings. The fourth-order valence-electron chi connectivity index (χ4n) is 5.71. The third-order valence-corrected chi connectivity index (χ3v) is 8.28. The van der Waals surface area contributed by atoms with Gasteiger partial charge in [-0.2, -0.15) is 5.10 Å². The monoisotopic (exact) mass is 563 g/mol. The lowest BCUT2D eigenvalue weighted by Crippen LogP contribution is -2.38. The molecule has 1 amide bonds. The van der Waals surface area contributed by atoms with E-state index in [4.69, 9.17) is 5.73 Å². The van der Waals surface area contributed by atoms with E-state index >= 15 is 0 Å². The number of hydrogen-bond acceptors (Lipinski definition) is 6. The highest BCUT2D eigenvalue weighted by atomic mass is 19.3. The second-order valence-corrected chi connectivity index (χ2v) is 11.3. The molecule has 2 unspecified atom stereocenters. The Morgan fingerprint density at radius 2 is 2.02 bits per heavy atom. The molecule has 3 aromatic rings. The van der Waals surface area contributed by atoms with Crippen LogP contribution in [0, 0.1) is 11.8 Å². The number of nitrogens with two attached hydrogens (primary N) is 1. The maximum absolute atomic E-state index is 13.5. The first-order valence-electron chi connectivity index (χ1n) is 14.5. The molecule has 0 radical (unpaired) electrons. The van der Waals surface area contributed by atoms with E-state index in [0.717, 1.165) is 41.7 Å². The lowest BCUT2D eigenvalue weighted by atomic mass is 9.87. The summed E-state index contributed by atoms with van der Waals surface area (Å²) in [6.07, 6.45) is 12.2. The van der Waals surface area contributed by atoms with Crippen LogP contribution in [-0.4, -0.2) is 58.1 Å². The summed E-state index contributed by atoms with van der Waals surface area (Å²) in [5, 5.41) is 14.3. The van der Waals surface area contributed by atoms with Gasteiger partial charge in [0.25, 0.3) is 11.8 Å². The summed E-state index contributed by atoms with van der Waals surface area (Å²) in [5.41, 5.74) is 10.1. The van der Waals surface area contributed by atoms with Crippen molar-refractivity contribution in [1.82, 2.24) is 30.7 Å². The maximum atomic E-state index is 13.5. The van der Waals surface area contributed by atoms with Crippen LogP contribution in [0.2, 0.25) is 0 Å². The van der Waals surface area contributed by atoms with Gasteiger partial charge in [-0.25, -0.2) is 8.78 Å². The number of rotatable bonds is 8. The Morgan fingerprint density at radius 3 is 2.83 bits per heavy atom. The smallest absolute Gasteiger partial charge is 0.276 e. The number of alkyl halides is 2. The number of nitrogens with one attached hydrogen (secondary N) is 3. The molecule has 1 aromatic carbocycles. The largest absolute Gasteiger partial charge is 0.403 e. The van der Waals surface area contributed by atoms with Crippen molar-refractivity contribution in [2.24, 2.45) is 17.6 Å². The highest BCUT2D eigenvalue weighted by Crippen LogP contribution is 2.30. The van der Waals surface area contributed by atoms with Crippen LogP contribution >= 0.6 is 0 Å². The minimum Gasteiger partial charge on any atom is -0.403 e. The molecule has 8 nitrogen and oxygen atoms in total. The second kappa shape index (κ2) is 12.9. The Hall–Kier alpha value is -3.63. The zero-order valence-electron chi connectivity index (χ0n) is 23.5. The first-order valence-corrected chi connectivity index (χ1v) is 14.5. The summed E-state index contributed by atoms with van der Waals surface area (Å²) in [5.74, 6) is -1.95. The SMILES string of the molecule is CC(/C=C\C(=C/N)NC(=O)c1n[nH]c2ccc(-c3cncc(CN4CCC(F)(F)CC4)c3)cc12)C1CCCNCC1. The number of halogens is 2. The van der Waals surface area contributed by atoms with Crippen molar-refractivity contribution in [2.75, 3.05) is 26.2 Å². The van der Waals surface area contributed by atoms with Crippen LogP contribution in [0.3, 0.4) is 0 Å². The number of nitrogens with zero attached hydrogens (tertiary/aromatic N) is 3. The molecule has 0 aliphatic carbocycles. The molecule has 0 spiro atoms. The van der Waals surface area contributed by atoms with E-state index in [1.165, 1.54) is 19.0 Å². The van der Waals surface area contributed by atoms with Gasteiger partial charge in [0, 0.05) is 62.0 Å². The van der Waals surface area contributed by atoms with Crippen molar-refractivity contribution in [3.05, 3.63) is 72.0 Å². The summed E-state index contributed by atoms with van der Waals surface area (Å²) in [6.45, 7) is 5.61. The Labute approximate surface area is 239 Å². The number of pyridine rings is 1. The number of amides is 1. The van der Waals surface area contributed by atoms with Crippen LogP contribution in [0.1, 0.15) is 55.1 Å². The Morgan fingerprint density at radius 1 is 1.20 bits per heavy atom. The van der Waals surface area contributed by atoms with Crippen molar-refractivity contribution in [3.63, 3.8) is 0 Å². The minimum absolute atomic E-state index is 0.115. The Balaban J connectivity index is 1.27. The van der Waals surface area contributed by atoms with Gasteiger partial charge in [0.05, 0.1) is 11.2 Å². The molecule has 0 bridgehead atoms. The molecule has 5 N–H and O–H groups in total. The summed E-state index contributed by atoms with van der Waals surface area (Å²) in [4.78, 5) is 19.7. The van der Waals surface area contributed by atoms with Crippen LogP contribution < -0.4 is 16.4 Å². The molecule has 218 valence electrons. The third kappa shape index (κ3) is 7.37. The van der Waals surface area contributed by atoms with E-state index in [2.05, 4.69) is 38.8 Å². The van der Waals surface area contributed by atoms with Gasteiger partial charge >= 0.3 is 0 Å². The molecular weight excluding hydrogens is 524 g/mol. The fourth-order valence-corrected chi connectivity index (χ4v) is 5.71. The Kier molecular flexibility index (Phi) is 9.09. The maximum Gasteiger partial charge on any atom is 0.276 e. The average molecular weight is 564 g/mol. The summed E-state index contributed by atoms with van der Waals surface area (Å²) in [6, 6.07) is 7.77. The molecule has 0 saturated carbocycles. The fraction of sp³-hybridized carbons (Fsp3) is 0.452. The predicted octanol–water partition coefficient (Wildman–Crippen LogP) is 4.97. The lowest BCUT2D eigenvalue weighted by Gasteiger charge is -2.31. The van der Waals surface area contributed by atoms with Gasteiger partial charge in [-0.05, 0) is 79.6 Å². The minimum atomic E-state index is -2.57. The zero-order chi connectivity index (χ0) is 28.8. The zero-order valence-corrected chi connectivity index (χ0v) is 23.5. The number of benzene rings is 1. The van der Waals surface area contributed by atoms with E-state index in [1.54, 1.807) is 12.4 Å². The molecule has 2 fully saturated rings. The number of allylic oxidation sites excluding steroid dienone is 2. The number of aromatic nitrogens is 3. The van der Waals surface area contributed by atoms with E-state index in [1.807, 2.05) is 35.2 Å². The summed E-state index contributed by atoms with van der Waals surface area (Å²) in [7, 11) is 0. The lowest BCUT2D eigenvalue weighted by molar-refractivity contribution is -0.0566. The summed E-state index contributed by atoms with van der Waals surface area (Å²) >= 11 is 0. The van der Waals surface area contributed by atoms with Crippen molar-refractivity contribution in [2.45, 2.75) is 51.5 Å². The topological polar surface area (TPSA) is 112 Å². The number of aromatic amines is 1. The van der Waals surface area contributed by atoms with Gasteiger partial charge in [-0.15, -0.1) is 0 Å². The first kappa shape index (κ1) is 28.9. The van der Waals surface area contributed by atoms with Crippen molar-refractivity contribution < 1.29 is 13.6 Å². The van der Waals surface area contributed by atoms with E-state index in [9.17, 15) is 13.6 Å². The molecule has 4 heterocycles. The van der Waals surface area contributed by atoms with Gasteiger partial charge in [0.2, 0.25) is 0 Å². The first-order chi connectivity index (χ1) is 19.8. The van der Waals surface area contributed by atoms with Crippen molar-refractivity contribution in [1.29, 1.82) is 0 Å². The number of hydrogen-bond donors (Lipinski definition) is 4. The highest BCUT2D eigenvalue weighted by molar-refractivity contribution is 6.06. The molecular formula is C31H39F2N7O. The predicted molar refractivity (Wildman–Crippen MR) is 157 cm³/mol. The number of fused-ring (bicyclic) bond motifs is 1. The summed E-state index contributed by atoms with van der Waals surface area (Å²) < 4.78 is 27.1. The molecule has 41 heavy (non-hydrogen) atoms. The molecule has 5 rings (SSSR count). The number of piperidine rings is 1. The van der Waals surface area contributed by atoms with Crippen molar-refractivity contribution in [3.8, 4) is 11.1 Å². The molecule has 2 saturated heterocycles. The van der Waals surface area contributed by atoms with Gasteiger partial charge in [-0.3, -0.25) is 19.8 Å². The number of carbonyl (C=O) groups is 1. The molecule has 10 heteroatoms. The number of likely N-dealkylation sites (tertiary alicyclic amines) is 1. The van der Waals surface area contributed by atoms with Gasteiger partial charge in [-0.1, -0.05) is 19.1 Å². The highest BCUT2D eigenvalue weighted by Gasteiger charge is 2.33. The molecule has 2 aromatic heterocycles.